The number of aryl methyl sites for hydroxylation is 1. The number of imidazole rings is 1. The van der Waals surface area contributed by atoms with Crippen molar-refractivity contribution in [2.75, 3.05) is 0 Å². The SMILES string of the molecule is [2H]c1nc(B2OC(C)(C)C(C)(C)O2)c([2H])n1-c1cnc(C([2H])([2H])[2H])cn1. The Morgan fingerprint density at radius 1 is 1.14 bits per heavy atom. The van der Waals surface area contributed by atoms with Crippen LogP contribution in [-0.4, -0.2) is 37.8 Å². The highest BCUT2D eigenvalue weighted by molar-refractivity contribution is 6.61. The molecule has 0 spiro atoms. The zero-order chi connectivity index (χ0) is 19.5. The van der Waals surface area contributed by atoms with Crippen LogP contribution in [0.5, 0.6) is 0 Å². The quantitative estimate of drug-likeness (QED) is 0.780. The molecule has 0 saturated carbocycles. The van der Waals surface area contributed by atoms with Crippen molar-refractivity contribution in [3.8, 4) is 5.82 Å². The fourth-order valence-corrected chi connectivity index (χ4v) is 1.87. The molecule has 1 aliphatic heterocycles. The van der Waals surface area contributed by atoms with E-state index >= 15 is 0 Å². The van der Waals surface area contributed by atoms with Crippen LogP contribution in [0, 0.1) is 6.85 Å². The smallest absolute Gasteiger partial charge is 0.398 e. The normalized spacial score (nSPS) is 24.0. The van der Waals surface area contributed by atoms with Gasteiger partial charge >= 0.3 is 7.12 Å². The third-order valence-electron chi connectivity index (χ3n) is 3.84. The van der Waals surface area contributed by atoms with Gasteiger partial charge in [0.05, 0.1) is 42.6 Å². The molecule has 7 heteroatoms. The third kappa shape index (κ3) is 2.47. The van der Waals surface area contributed by atoms with Crippen molar-refractivity contribution in [2.45, 2.75) is 45.7 Å². The van der Waals surface area contributed by atoms with Gasteiger partial charge in [0, 0.05) is 10.3 Å². The number of aromatic nitrogens is 4. The highest BCUT2D eigenvalue weighted by atomic mass is 16.7. The molecule has 3 heterocycles. The van der Waals surface area contributed by atoms with Crippen LogP contribution in [0.4, 0.5) is 0 Å². The lowest BCUT2D eigenvalue weighted by Crippen LogP contribution is -2.41. The largest absolute Gasteiger partial charge is 0.516 e. The standard InChI is InChI=1S/C14H19BN4O2/c1-10-6-17-12(7-16-10)19-8-11(18-9-19)15-20-13(2,3)14(4,5)21-15/h6-9H,1-5H3/i1D3,8D,9D. The maximum absolute atomic E-state index is 8.35. The van der Waals surface area contributed by atoms with Crippen LogP contribution in [-0.2, 0) is 9.31 Å². The molecule has 0 radical (unpaired) electrons. The second-order valence-electron chi connectivity index (χ2n) is 5.89. The van der Waals surface area contributed by atoms with Crippen molar-refractivity contribution in [3.63, 3.8) is 0 Å². The molecule has 1 saturated heterocycles. The summed E-state index contributed by atoms with van der Waals surface area (Å²) in [5, 5.41) is 0. The first-order valence-electron chi connectivity index (χ1n) is 9.08. The van der Waals surface area contributed by atoms with Crippen LogP contribution >= 0.6 is 0 Å². The lowest BCUT2D eigenvalue weighted by molar-refractivity contribution is 0.00578. The Morgan fingerprint density at radius 2 is 1.86 bits per heavy atom. The Kier molecular flexibility index (Phi) is 2.06. The molecular formula is C14H19BN4O2. The summed E-state index contributed by atoms with van der Waals surface area (Å²) in [6, 6.07) is 0. The number of hydrogen-bond donors (Lipinski definition) is 0. The van der Waals surface area contributed by atoms with Crippen LogP contribution in [0.15, 0.2) is 24.9 Å². The molecule has 0 aromatic carbocycles. The average Bonchev–Trinajstić information content (AvgIpc) is 2.91. The highest BCUT2D eigenvalue weighted by Crippen LogP contribution is 2.36. The molecule has 2 aromatic heterocycles. The molecule has 6 nitrogen and oxygen atoms in total. The molecule has 21 heavy (non-hydrogen) atoms. The van der Waals surface area contributed by atoms with Crippen molar-refractivity contribution in [2.24, 2.45) is 0 Å². The second-order valence-corrected chi connectivity index (χ2v) is 5.89. The maximum atomic E-state index is 8.35. The van der Waals surface area contributed by atoms with E-state index in [1.165, 1.54) is 6.20 Å². The van der Waals surface area contributed by atoms with Crippen molar-refractivity contribution in [1.82, 2.24) is 19.5 Å². The van der Waals surface area contributed by atoms with Gasteiger partial charge in [0.2, 0.25) is 0 Å². The van der Waals surface area contributed by atoms with Crippen LogP contribution in [0.25, 0.3) is 5.82 Å². The lowest BCUT2D eigenvalue weighted by atomic mass is 9.86. The third-order valence-corrected chi connectivity index (χ3v) is 3.84. The Labute approximate surface area is 131 Å². The van der Waals surface area contributed by atoms with E-state index in [9.17, 15) is 0 Å². The molecule has 0 atom stereocenters. The first kappa shape index (κ1) is 9.32. The molecule has 0 N–H and O–H groups in total. The number of hydrogen-bond acceptors (Lipinski definition) is 5. The minimum absolute atomic E-state index is 0.121. The summed E-state index contributed by atoms with van der Waals surface area (Å²) in [4.78, 5) is 12.0. The topological polar surface area (TPSA) is 62.1 Å². The molecular weight excluding hydrogens is 267 g/mol. The van der Waals surface area contributed by atoms with Gasteiger partial charge < -0.3 is 9.31 Å². The van der Waals surface area contributed by atoms with Crippen molar-refractivity contribution in [3.05, 3.63) is 30.6 Å². The van der Waals surface area contributed by atoms with Gasteiger partial charge in [-0.25, -0.2) is 9.97 Å². The molecule has 1 aliphatic rings. The minimum Gasteiger partial charge on any atom is -0.398 e. The summed E-state index contributed by atoms with van der Waals surface area (Å²) >= 11 is 0. The van der Waals surface area contributed by atoms with Crippen molar-refractivity contribution in [1.29, 1.82) is 0 Å². The molecule has 2 aromatic rings. The lowest BCUT2D eigenvalue weighted by Gasteiger charge is -2.32. The van der Waals surface area contributed by atoms with E-state index in [2.05, 4.69) is 15.0 Å². The summed E-state index contributed by atoms with van der Waals surface area (Å²) in [6.45, 7) is 5.16. The highest BCUT2D eigenvalue weighted by Gasteiger charge is 2.52. The summed E-state index contributed by atoms with van der Waals surface area (Å²) in [5.74, 6) is 0.128. The fourth-order valence-electron chi connectivity index (χ4n) is 1.87. The monoisotopic (exact) mass is 291 g/mol. The maximum Gasteiger partial charge on any atom is 0.516 e. The van der Waals surface area contributed by atoms with E-state index in [0.29, 0.717) is 0 Å². The van der Waals surface area contributed by atoms with Gasteiger partial charge in [0.1, 0.15) is 1.37 Å². The summed E-state index contributed by atoms with van der Waals surface area (Å²) in [5.41, 5.74) is -1.20. The van der Waals surface area contributed by atoms with E-state index in [0.717, 1.165) is 10.8 Å². The Balaban J connectivity index is 1.97. The zero-order valence-electron chi connectivity index (χ0n) is 17.3. The van der Waals surface area contributed by atoms with E-state index in [1.807, 2.05) is 27.7 Å². The van der Waals surface area contributed by atoms with Gasteiger partial charge in [-0.1, -0.05) is 0 Å². The van der Waals surface area contributed by atoms with E-state index in [1.54, 1.807) is 0 Å². The predicted molar refractivity (Wildman–Crippen MR) is 79.6 cm³/mol. The average molecular weight is 291 g/mol. The van der Waals surface area contributed by atoms with Crippen LogP contribution < -0.4 is 5.59 Å². The van der Waals surface area contributed by atoms with Gasteiger partial charge in [-0.2, -0.15) is 0 Å². The first-order chi connectivity index (χ1) is 11.8. The molecule has 0 amide bonds. The molecule has 0 unspecified atom stereocenters. The Bertz CT molecular complexity index is 819. The zero-order valence-corrected chi connectivity index (χ0v) is 12.3. The summed E-state index contributed by atoms with van der Waals surface area (Å²) in [6.07, 6.45) is 1.95. The number of rotatable bonds is 2. The van der Waals surface area contributed by atoms with Gasteiger partial charge in [0.15, 0.2) is 5.82 Å². The van der Waals surface area contributed by atoms with Gasteiger partial charge in [-0.05, 0) is 34.5 Å². The minimum atomic E-state index is -2.37. The molecule has 0 aliphatic carbocycles. The number of nitrogens with zero attached hydrogens (tertiary/aromatic N) is 4. The van der Waals surface area contributed by atoms with Crippen LogP contribution in [0.3, 0.4) is 0 Å². The molecule has 1 fully saturated rings. The van der Waals surface area contributed by atoms with E-state index < -0.39 is 25.2 Å². The van der Waals surface area contributed by atoms with Gasteiger partial charge in [0.25, 0.3) is 0 Å². The van der Waals surface area contributed by atoms with Gasteiger partial charge in [-0.15, -0.1) is 0 Å². The van der Waals surface area contributed by atoms with Crippen molar-refractivity contribution >= 4 is 12.7 Å². The summed E-state index contributed by atoms with van der Waals surface area (Å²) in [7, 11) is -0.882. The van der Waals surface area contributed by atoms with Crippen LogP contribution in [0.1, 0.15) is 40.2 Å². The Hall–Kier alpha value is -1.73. The second kappa shape index (κ2) is 4.64. The fraction of sp³-hybridized carbons (Fsp3) is 0.500. The molecule has 3 rings (SSSR count). The summed E-state index contributed by atoms with van der Waals surface area (Å²) < 4.78 is 51.3. The molecule has 110 valence electrons. The van der Waals surface area contributed by atoms with Crippen LogP contribution in [0.2, 0.25) is 0 Å². The van der Waals surface area contributed by atoms with E-state index in [4.69, 9.17) is 16.2 Å². The first-order valence-corrected chi connectivity index (χ1v) is 6.58. The van der Waals surface area contributed by atoms with Crippen molar-refractivity contribution < 1.29 is 16.2 Å². The Morgan fingerprint density at radius 3 is 2.43 bits per heavy atom. The van der Waals surface area contributed by atoms with Gasteiger partial charge in [-0.3, -0.25) is 9.55 Å². The molecule has 0 bridgehead atoms. The van der Waals surface area contributed by atoms with E-state index in [-0.39, 0.29) is 29.6 Å². The predicted octanol–water partition coefficient (Wildman–Crippen LogP) is 1.27.